The van der Waals surface area contributed by atoms with Crippen molar-refractivity contribution in [1.82, 2.24) is 4.98 Å². The highest BCUT2D eigenvalue weighted by Crippen LogP contribution is 2.28. The Kier molecular flexibility index (Phi) is 3.40. The Bertz CT molecular complexity index is 523. The zero-order chi connectivity index (χ0) is 12.3. The Labute approximate surface area is 101 Å². The van der Waals surface area contributed by atoms with E-state index >= 15 is 0 Å². The first-order valence-electron chi connectivity index (χ1n) is 5.51. The summed E-state index contributed by atoms with van der Waals surface area (Å²) in [5.41, 5.74) is 10.9. The summed E-state index contributed by atoms with van der Waals surface area (Å²) in [7, 11) is 1.66. The predicted molar refractivity (Wildman–Crippen MR) is 69.5 cm³/mol. The van der Waals surface area contributed by atoms with Crippen molar-refractivity contribution in [2.75, 3.05) is 12.8 Å². The number of aryl methyl sites for hydroxylation is 1. The quantitative estimate of drug-likeness (QED) is 0.878. The minimum atomic E-state index is 0.499. The number of nitrogen functional groups attached to an aromatic ring is 1. The van der Waals surface area contributed by atoms with E-state index in [0.717, 1.165) is 16.8 Å². The van der Waals surface area contributed by atoms with Gasteiger partial charge in [-0.1, -0.05) is 24.3 Å². The molecule has 1 aromatic heterocycles. The van der Waals surface area contributed by atoms with Gasteiger partial charge in [0.15, 0.2) is 0 Å². The monoisotopic (exact) mass is 228 g/mol. The van der Waals surface area contributed by atoms with E-state index in [1.165, 1.54) is 5.56 Å². The standard InChI is InChI=1S/C14H16N2O/c1-10-5-3-4-6-12(10)13-7-11(9-17-2)16-8-14(13)15/h3-8H,9,15H2,1-2H3. The molecule has 0 saturated heterocycles. The van der Waals surface area contributed by atoms with Crippen LogP contribution in [-0.4, -0.2) is 12.1 Å². The van der Waals surface area contributed by atoms with E-state index in [1.807, 2.05) is 18.2 Å². The van der Waals surface area contributed by atoms with Crippen LogP contribution in [0.3, 0.4) is 0 Å². The van der Waals surface area contributed by atoms with E-state index in [4.69, 9.17) is 10.5 Å². The molecule has 3 nitrogen and oxygen atoms in total. The van der Waals surface area contributed by atoms with Crippen LogP contribution in [0.2, 0.25) is 0 Å². The Balaban J connectivity index is 2.51. The summed E-state index contributed by atoms with van der Waals surface area (Å²) >= 11 is 0. The molecule has 1 aromatic carbocycles. The molecule has 88 valence electrons. The lowest BCUT2D eigenvalue weighted by atomic mass is 10.00. The lowest BCUT2D eigenvalue weighted by Crippen LogP contribution is -1.98. The van der Waals surface area contributed by atoms with Gasteiger partial charge in [0.25, 0.3) is 0 Å². The SMILES string of the molecule is COCc1cc(-c2ccccc2C)c(N)cn1. The molecule has 2 N–H and O–H groups in total. The Morgan fingerprint density at radius 1 is 1.24 bits per heavy atom. The number of nitrogens with two attached hydrogens (primary N) is 1. The van der Waals surface area contributed by atoms with Crippen molar-refractivity contribution in [2.24, 2.45) is 0 Å². The summed E-state index contributed by atoms with van der Waals surface area (Å²) in [4.78, 5) is 4.23. The van der Waals surface area contributed by atoms with Crippen LogP contribution >= 0.6 is 0 Å². The highest BCUT2D eigenvalue weighted by molar-refractivity contribution is 5.78. The number of hydrogen-bond acceptors (Lipinski definition) is 3. The van der Waals surface area contributed by atoms with E-state index in [9.17, 15) is 0 Å². The Morgan fingerprint density at radius 3 is 2.71 bits per heavy atom. The number of aromatic nitrogens is 1. The number of anilines is 1. The largest absolute Gasteiger partial charge is 0.397 e. The van der Waals surface area contributed by atoms with Crippen molar-refractivity contribution in [3.05, 3.63) is 47.8 Å². The molecular weight excluding hydrogens is 212 g/mol. The molecule has 0 spiro atoms. The topological polar surface area (TPSA) is 48.1 Å². The number of methoxy groups -OCH3 is 1. The van der Waals surface area contributed by atoms with Crippen molar-refractivity contribution in [3.8, 4) is 11.1 Å². The molecule has 2 aromatic rings. The third kappa shape index (κ3) is 2.45. The first-order valence-corrected chi connectivity index (χ1v) is 5.51. The first-order chi connectivity index (χ1) is 8.22. The van der Waals surface area contributed by atoms with Crippen LogP contribution < -0.4 is 5.73 Å². The molecule has 0 unspecified atom stereocenters. The molecule has 2 rings (SSSR count). The Hall–Kier alpha value is -1.87. The van der Waals surface area contributed by atoms with Gasteiger partial charge in [-0.05, 0) is 24.1 Å². The van der Waals surface area contributed by atoms with Gasteiger partial charge in [0.05, 0.1) is 24.2 Å². The van der Waals surface area contributed by atoms with Crippen LogP contribution in [0.25, 0.3) is 11.1 Å². The molecule has 0 bridgehead atoms. The summed E-state index contributed by atoms with van der Waals surface area (Å²) in [6.07, 6.45) is 1.69. The van der Waals surface area contributed by atoms with Crippen LogP contribution in [0, 0.1) is 6.92 Å². The molecule has 0 aliphatic rings. The molecule has 0 aliphatic heterocycles. The van der Waals surface area contributed by atoms with Crippen molar-refractivity contribution in [3.63, 3.8) is 0 Å². The molecule has 3 heteroatoms. The fraction of sp³-hybridized carbons (Fsp3) is 0.214. The summed E-state index contributed by atoms with van der Waals surface area (Å²) < 4.78 is 5.09. The summed E-state index contributed by atoms with van der Waals surface area (Å²) in [5, 5.41) is 0. The molecule has 0 aliphatic carbocycles. The number of benzene rings is 1. The second kappa shape index (κ2) is 4.97. The highest BCUT2D eigenvalue weighted by Gasteiger charge is 2.07. The second-order valence-corrected chi connectivity index (χ2v) is 4.01. The van der Waals surface area contributed by atoms with Crippen LogP contribution in [0.4, 0.5) is 5.69 Å². The maximum absolute atomic E-state index is 5.98. The molecule has 0 atom stereocenters. The van der Waals surface area contributed by atoms with Gasteiger partial charge in [0.2, 0.25) is 0 Å². The zero-order valence-electron chi connectivity index (χ0n) is 10.1. The highest BCUT2D eigenvalue weighted by atomic mass is 16.5. The van der Waals surface area contributed by atoms with Crippen LogP contribution in [0.15, 0.2) is 36.5 Å². The zero-order valence-corrected chi connectivity index (χ0v) is 10.1. The van der Waals surface area contributed by atoms with Crippen molar-refractivity contribution in [1.29, 1.82) is 0 Å². The van der Waals surface area contributed by atoms with Crippen LogP contribution in [0.5, 0.6) is 0 Å². The molecule has 0 saturated carbocycles. The van der Waals surface area contributed by atoms with E-state index in [2.05, 4.69) is 24.0 Å². The van der Waals surface area contributed by atoms with Gasteiger partial charge in [-0.25, -0.2) is 0 Å². The predicted octanol–water partition coefficient (Wildman–Crippen LogP) is 2.79. The third-order valence-corrected chi connectivity index (χ3v) is 2.72. The minimum absolute atomic E-state index is 0.499. The fourth-order valence-electron chi connectivity index (χ4n) is 1.84. The smallest absolute Gasteiger partial charge is 0.0884 e. The van der Waals surface area contributed by atoms with E-state index in [1.54, 1.807) is 13.3 Å². The van der Waals surface area contributed by atoms with Crippen LogP contribution in [-0.2, 0) is 11.3 Å². The summed E-state index contributed by atoms with van der Waals surface area (Å²) in [5.74, 6) is 0. The Morgan fingerprint density at radius 2 is 2.00 bits per heavy atom. The minimum Gasteiger partial charge on any atom is -0.397 e. The van der Waals surface area contributed by atoms with Gasteiger partial charge < -0.3 is 10.5 Å². The maximum Gasteiger partial charge on any atom is 0.0884 e. The average molecular weight is 228 g/mol. The average Bonchev–Trinajstić information content (AvgIpc) is 2.33. The summed E-state index contributed by atoms with van der Waals surface area (Å²) in [6.45, 7) is 2.57. The molecule has 0 radical (unpaired) electrons. The van der Waals surface area contributed by atoms with Gasteiger partial charge in [-0.2, -0.15) is 0 Å². The normalized spacial score (nSPS) is 10.5. The fourth-order valence-corrected chi connectivity index (χ4v) is 1.84. The number of ether oxygens (including phenoxy) is 1. The lowest BCUT2D eigenvalue weighted by Gasteiger charge is -2.10. The first kappa shape index (κ1) is 11.6. The lowest BCUT2D eigenvalue weighted by molar-refractivity contribution is 0.181. The van der Waals surface area contributed by atoms with Crippen molar-refractivity contribution in [2.45, 2.75) is 13.5 Å². The van der Waals surface area contributed by atoms with E-state index in [-0.39, 0.29) is 0 Å². The summed E-state index contributed by atoms with van der Waals surface area (Å²) in [6, 6.07) is 10.2. The second-order valence-electron chi connectivity index (χ2n) is 4.01. The maximum atomic E-state index is 5.98. The van der Waals surface area contributed by atoms with Gasteiger partial charge >= 0.3 is 0 Å². The van der Waals surface area contributed by atoms with Crippen molar-refractivity contribution >= 4 is 5.69 Å². The molecule has 0 amide bonds. The number of rotatable bonds is 3. The third-order valence-electron chi connectivity index (χ3n) is 2.72. The van der Waals surface area contributed by atoms with E-state index < -0.39 is 0 Å². The van der Waals surface area contributed by atoms with E-state index in [0.29, 0.717) is 12.3 Å². The molecule has 0 fully saturated rings. The number of pyridine rings is 1. The van der Waals surface area contributed by atoms with Crippen molar-refractivity contribution < 1.29 is 4.74 Å². The van der Waals surface area contributed by atoms with Gasteiger partial charge in [0, 0.05) is 12.7 Å². The van der Waals surface area contributed by atoms with Crippen LogP contribution in [0.1, 0.15) is 11.3 Å². The molecular formula is C14H16N2O. The van der Waals surface area contributed by atoms with Gasteiger partial charge in [-0.3, -0.25) is 4.98 Å². The van der Waals surface area contributed by atoms with Gasteiger partial charge in [-0.15, -0.1) is 0 Å². The van der Waals surface area contributed by atoms with Gasteiger partial charge in [0.1, 0.15) is 0 Å². The number of nitrogens with zero attached hydrogens (tertiary/aromatic N) is 1. The molecule has 17 heavy (non-hydrogen) atoms. The molecule has 1 heterocycles. The number of hydrogen-bond donors (Lipinski definition) is 1.